The maximum Gasteiger partial charge on any atom is 2.00 e. The molecule has 0 nitrogen and oxygen atoms in total. The van der Waals surface area contributed by atoms with Gasteiger partial charge in [-0.15, -0.1) is 0 Å². The van der Waals surface area contributed by atoms with E-state index in [0.29, 0.717) is 0 Å². The fourth-order valence-electron chi connectivity index (χ4n) is 0.657. The monoisotopic (exact) mass is 260 g/mol. The molecule has 64 valence electrons. The smallest absolute Gasteiger partial charge is 0.352 e. The zero-order valence-electron chi connectivity index (χ0n) is 6.42. The standard InChI is InChI=1S/C8H9.CH2Cl.Pd/c1-2-8-6-4-3-5-7-8;1-2;/h4-7H,2H2,1H3;1H2;/q2*-1;+2. The molecule has 0 amide bonds. The Balaban J connectivity index is 0. The first-order chi connectivity index (χ1) is 4.93. The summed E-state index contributed by atoms with van der Waals surface area (Å²) in [6.45, 7) is 2.15. The first kappa shape index (κ1) is 13.7. The van der Waals surface area contributed by atoms with E-state index in [9.17, 15) is 0 Å². The van der Waals surface area contributed by atoms with Crippen molar-refractivity contribution in [1.82, 2.24) is 0 Å². The fraction of sp³-hybridized carbons (Fsp3) is 0.222. The van der Waals surface area contributed by atoms with Gasteiger partial charge in [0.1, 0.15) is 0 Å². The van der Waals surface area contributed by atoms with Gasteiger partial charge in [0.05, 0.1) is 0 Å². The van der Waals surface area contributed by atoms with E-state index in [4.69, 9.17) is 0 Å². The number of aryl methyl sites for hydroxylation is 1. The molecule has 0 aliphatic rings. The SMILES string of the molecule is CCc1cc[c-]cc1.[CH2-]Cl.[Pd+2]. The summed E-state index contributed by atoms with van der Waals surface area (Å²) in [4.78, 5) is 0. The van der Waals surface area contributed by atoms with Crippen LogP contribution >= 0.6 is 11.6 Å². The van der Waals surface area contributed by atoms with Crippen LogP contribution in [0.2, 0.25) is 0 Å². The third-order valence-electron chi connectivity index (χ3n) is 1.20. The number of hydrogen-bond acceptors (Lipinski definition) is 0. The molecule has 1 aromatic carbocycles. The van der Waals surface area contributed by atoms with Crippen molar-refractivity contribution in [3.8, 4) is 0 Å². The molecule has 0 spiro atoms. The van der Waals surface area contributed by atoms with Crippen LogP contribution in [0.15, 0.2) is 24.3 Å². The van der Waals surface area contributed by atoms with Gasteiger partial charge in [-0.05, 0) is 0 Å². The molecule has 0 heterocycles. The molecule has 2 heteroatoms. The van der Waals surface area contributed by atoms with Gasteiger partial charge in [-0.1, -0.05) is 13.3 Å². The van der Waals surface area contributed by atoms with Crippen LogP contribution in [0.4, 0.5) is 0 Å². The molecule has 1 rings (SSSR count). The van der Waals surface area contributed by atoms with Crippen LogP contribution in [0, 0.1) is 12.4 Å². The number of benzene rings is 1. The summed E-state index contributed by atoms with van der Waals surface area (Å²) in [5.74, 6) is 0. The van der Waals surface area contributed by atoms with E-state index >= 15 is 0 Å². The molecule has 0 saturated heterocycles. The summed E-state index contributed by atoms with van der Waals surface area (Å²) in [5, 5.41) is 0. The summed E-state index contributed by atoms with van der Waals surface area (Å²) < 4.78 is 0. The van der Waals surface area contributed by atoms with Crippen LogP contribution in [0.5, 0.6) is 0 Å². The van der Waals surface area contributed by atoms with Crippen molar-refractivity contribution in [3.63, 3.8) is 0 Å². The molecule has 0 bridgehead atoms. The Morgan fingerprint density at radius 2 is 1.82 bits per heavy atom. The molecule has 0 atom stereocenters. The van der Waals surface area contributed by atoms with Gasteiger partial charge in [-0.25, -0.2) is 0 Å². The van der Waals surface area contributed by atoms with Crippen LogP contribution in [-0.2, 0) is 26.8 Å². The predicted molar refractivity (Wildman–Crippen MR) is 45.9 cm³/mol. The zero-order chi connectivity index (χ0) is 7.82. The summed E-state index contributed by atoms with van der Waals surface area (Å²) in [6.07, 6.45) is 3.84. The molecule has 0 N–H and O–H groups in total. The van der Waals surface area contributed by atoms with E-state index in [0.717, 1.165) is 6.42 Å². The maximum atomic E-state index is 4.39. The second-order valence-corrected chi connectivity index (χ2v) is 1.76. The molecule has 0 aliphatic heterocycles. The van der Waals surface area contributed by atoms with Gasteiger partial charge in [-0.2, -0.15) is 35.9 Å². The second kappa shape index (κ2) is 10.2. The van der Waals surface area contributed by atoms with Crippen LogP contribution in [0.1, 0.15) is 12.5 Å². The summed E-state index contributed by atoms with van der Waals surface area (Å²) >= 11 is 4.39. The first-order valence-corrected chi connectivity index (χ1v) is 3.68. The van der Waals surface area contributed by atoms with E-state index in [2.05, 4.69) is 43.1 Å². The Morgan fingerprint density at radius 3 is 2.09 bits per heavy atom. The third kappa shape index (κ3) is 6.57. The van der Waals surface area contributed by atoms with Crippen molar-refractivity contribution < 1.29 is 20.4 Å². The summed E-state index contributed by atoms with van der Waals surface area (Å²) in [6, 6.07) is 11.0. The van der Waals surface area contributed by atoms with Crippen LogP contribution in [-0.4, -0.2) is 0 Å². The van der Waals surface area contributed by atoms with Gasteiger partial charge in [-0.3, -0.25) is 6.38 Å². The molecule has 0 unspecified atom stereocenters. The molecule has 11 heavy (non-hydrogen) atoms. The zero-order valence-corrected chi connectivity index (χ0v) is 8.73. The quantitative estimate of drug-likeness (QED) is 0.538. The molecule has 1 aromatic rings. The molecule has 0 fully saturated rings. The minimum absolute atomic E-state index is 0. The van der Waals surface area contributed by atoms with Crippen LogP contribution < -0.4 is 0 Å². The van der Waals surface area contributed by atoms with Gasteiger partial charge in [0.25, 0.3) is 0 Å². The minimum Gasteiger partial charge on any atom is -0.352 e. The van der Waals surface area contributed by atoms with Crippen molar-refractivity contribution >= 4 is 11.6 Å². The third-order valence-corrected chi connectivity index (χ3v) is 1.20. The minimum atomic E-state index is 0. The van der Waals surface area contributed by atoms with Crippen LogP contribution in [0.25, 0.3) is 0 Å². The topological polar surface area (TPSA) is 0 Å². The van der Waals surface area contributed by atoms with Crippen molar-refractivity contribution in [2.45, 2.75) is 13.3 Å². The van der Waals surface area contributed by atoms with Crippen molar-refractivity contribution in [2.24, 2.45) is 0 Å². The predicted octanol–water partition coefficient (Wildman–Crippen LogP) is 3.06. The first-order valence-electron chi connectivity index (χ1n) is 3.15. The van der Waals surface area contributed by atoms with Crippen LogP contribution in [0.3, 0.4) is 0 Å². The Labute approximate surface area is 87.6 Å². The largest absolute Gasteiger partial charge is 2.00 e. The average molecular weight is 261 g/mol. The Hall–Kier alpha value is 0.172. The fourth-order valence-corrected chi connectivity index (χ4v) is 0.657. The number of hydrogen-bond donors (Lipinski definition) is 0. The van der Waals surface area contributed by atoms with Gasteiger partial charge in [0.15, 0.2) is 0 Å². The number of rotatable bonds is 1. The number of halogens is 1. The van der Waals surface area contributed by atoms with Gasteiger partial charge >= 0.3 is 20.4 Å². The molecule has 0 radical (unpaired) electrons. The molecular weight excluding hydrogens is 250 g/mol. The molecule has 0 saturated carbocycles. The Kier molecular flexibility index (Phi) is 12.7. The Bertz CT molecular complexity index is 151. The maximum absolute atomic E-state index is 4.39. The average Bonchev–Trinajstić information content (AvgIpc) is 2.10. The van der Waals surface area contributed by atoms with E-state index < -0.39 is 0 Å². The van der Waals surface area contributed by atoms with E-state index in [1.165, 1.54) is 5.56 Å². The van der Waals surface area contributed by atoms with Crippen molar-refractivity contribution in [3.05, 3.63) is 42.3 Å². The second-order valence-electron chi connectivity index (χ2n) is 1.76. The molecule has 0 aliphatic carbocycles. The summed E-state index contributed by atoms with van der Waals surface area (Å²) in [7, 11) is 0. The molecular formula is C9H11ClPd. The van der Waals surface area contributed by atoms with E-state index in [1.807, 2.05) is 12.1 Å². The summed E-state index contributed by atoms with van der Waals surface area (Å²) in [5.41, 5.74) is 1.38. The Morgan fingerprint density at radius 1 is 1.36 bits per heavy atom. The van der Waals surface area contributed by atoms with E-state index in [-0.39, 0.29) is 20.4 Å². The van der Waals surface area contributed by atoms with E-state index in [1.54, 1.807) is 0 Å². The van der Waals surface area contributed by atoms with Gasteiger partial charge in [0, 0.05) is 0 Å². The van der Waals surface area contributed by atoms with Gasteiger partial charge < -0.3 is 11.6 Å². The normalized spacial score (nSPS) is 7.18. The van der Waals surface area contributed by atoms with Gasteiger partial charge in [0.2, 0.25) is 0 Å². The van der Waals surface area contributed by atoms with Crippen molar-refractivity contribution in [1.29, 1.82) is 0 Å². The van der Waals surface area contributed by atoms with Crippen molar-refractivity contribution in [2.75, 3.05) is 0 Å². The molecule has 0 aromatic heterocycles.